The number of benzene rings is 1. The van der Waals surface area contributed by atoms with Crippen molar-refractivity contribution in [2.75, 3.05) is 0 Å². The number of thiophene rings is 1. The molecule has 5 nitrogen and oxygen atoms in total. The van der Waals surface area contributed by atoms with E-state index >= 15 is 0 Å². The van der Waals surface area contributed by atoms with Crippen molar-refractivity contribution in [3.05, 3.63) is 51.4 Å². The van der Waals surface area contributed by atoms with Crippen LogP contribution in [0.2, 0.25) is 0 Å². The molecule has 0 atom stereocenters. The topological polar surface area (TPSA) is 69.4 Å². The monoisotopic (exact) mass is 249 g/mol. The Hall–Kier alpha value is -2.21. The van der Waals surface area contributed by atoms with E-state index in [0.29, 0.717) is 17.6 Å². The van der Waals surface area contributed by atoms with Gasteiger partial charge in [-0.3, -0.25) is 14.9 Å². The molecule has 6 heteroatoms. The first-order valence-electron chi connectivity index (χ1n) is 4.66. The van der Waals surface area contributed by atoms with Gasteiger partial charge >= 0.3 is 5.00 Å². The first kappa shape index (κ1) is 11.3. The van der Waals surface area contributed by atoms with Gasteiger partial charge in [0.1, 0.15) is 5.75 Å². The fourth-order valence-electron chi connectivity index (χ4n) is 1.29. The quantitative estimate of drug-likeness (QED) is 0.473. The zero-order valence-corrected chi connectivity index (χ0v) is 9.35. The van der Waals surface area contributed by atoms with Crippen LogP contribution in [0.5, 0.6) is 11.5 Å². The summed E-state index contributed by atoms with van der Waals surface area (Å²) in [4.78, 5) is 20.9. The average molecular weight is 249 g/mol. The van der Waals surface area contributed by atoms with Gasteiger partial charge in [-0.05, 0) is 18.2 Å². The summed E-state index contributed by atoms with van der Waals surface area (Å²) in [7, 11) is 0. The van der Waals surface area contributed by atoms with E-state index in [0.717, 1.165) is 11.3 Å². The van der Waals surface area contributed by atoms with Crippen LogP contribution in [0.4, 0.5) is 5.00 Å². The third-order valence-corrected chi connectivity index (χ3v) is 2.89. The Kier molecular flexibility index (Phi) is 3.15. The van der Waals surface area contributed by atoms with E-state index in [-0.39, 0.29) is 10.8 Å². The van der Waals surface area contributed by atoms with E-state index in [1.165, 1.54) is 6.07 Å². The summed E-state index contributed by atoms with van der Waals surface area (Å²) in [6.07, 6.45) is 0.646. The number of hydrogen-bond donors (Lipinski definition) is 0. The molecule has 17 heavy (non-hydrogen) atoms. The lowest BCUT2D eigenvalue weighted by atomic mass is 10.2. The van der Waals surface area contributed by atoms with Crippen LogP contribution < -0.4 is 4.74 Å². The Bertz CT molecular complexity index is 564. The lowest BCUT2D eigenvalue weighted by Gasteiger charge is -2.04. The van der Waals surface area contributed by atoms with E-state index in [4.69, 9.17) is 4.74 Å². The van der Waals surface area contributed by atoms with Crippen LogP contribution in [0.25, 0.3) is 0 Å². The molecule has 0 saturated heterocycles. The van der Waals surface area contributed by atoms with Gasteiger partial charge in [-0.1, -0.05) is 23.5 Å². The van der Waals surface area contributed by atoms with Crippen molar-refractivity contribution in [1.82, 2.24) is 0 Å². The Morgan fingerprint density at radius 2 is 2.00 bits per heavy atom. The lowest BCUT2D eigenvalue weighted by molar-refractivity contribution is -0.380. The molecular weight excluding hydrogens is 242 g/mol. The number of ether oxygens (including phenoxy) is 1. The number of para-hydroxylation sites is 1. The normalized spacial score (nSPS) is 9.88. The molecule has 2 rings (SSSR count). The van der Waals surface area contributed by atoms with Crippen LogP contribution >= 0.6 is 11.3 Å². The van der Waals surface area contributed by atoms with E-state index in [9.17, 15) is 14.9 Å². The van der Waals surface area contributed by atoms with E-state index in [1.807, 2.05) is 0 Å². The number of hydrogen-bond acceptors (Lipinski definition) is 5. The van der Waals surface area contributed by atoms with Crippen LogP contribution in [0, 0.1) is 10.1 Å². The number of carbonyl (C=O) groups is 1. The second kappa shape index (κ2) is 4.75. The van der Waals surface area contributed by atoms with Crippen LogP contribution in [-0.4, -0.2) is 11.2 Å². The molecule has 0 bridgehead atoms. The minimum absolute atomic E-state index is 0.0781. The second-order valence-corrected chi connectivity index (χ2v) is 4.00. The third kappa shape index (κ3) is 2.31. The van der Waals surface area contributed by atoms with Crippen molar-refractivity contribution in [1.29, 1.82) is 0 Å². The summed E-state index contributed by atoms with van der Waals surface area (Å²) in [6.45, 7) is 0. The van der Waals surface area contributed by atoms with Crippen molar-refractivity contribution in [2.24, 2.45) is 0 Å². The summed E-state index contributed by atoms with van der Waals surface area (Å²) in [5, 5.41) is 12.2. The smallest absolute Gasteiger partial charge is 0.366 e. The average Bonchev–Trinajstić information content (AvgIpc) is 2.78. The van der Waals surface area contributed by atoms with Gasteiger partial charge in [0.05, 0.1) is 10.5 Å². The number of nitrogens with zero attached hydrogens (tertiary/aromatic N) is 1. The summed E-state index contributed by atoms with van der Waals surface area (Å²) < 4.78 is 5.37. The number of rotatable bonds is 4. The molecule has 0 saturated carbocycles. The summed E-state index contributed by atoms with van der Waals surface area (Å²) in [5.74, 6) is 0.457. The first-order valence-corrected chi connectivity index (χ1v) is 5.54. The highest BCUT2D eigenvalue weighted by Gasteiger charge is 2.18. The maximum Gasteiger partial charge on any atom is 0.366 e. The molecule has 0 unspecified atom stereocenters. The maximum absolute atomic E-state index is 10.8. The van der Waals surface area contributed by atoms with E-state index < -0.39 is 4.92 Å². The van der Waals surface area contributed by atoms with Crippen molar-refractivity contribution in [3.63, 3.8) is 0 Å². The maximum atomic E-state index is 10.8. The molecule has 0 fully saturated rings. The SMILES string of the molecule is O=Cc1ccccc1Oc1ccsc1[N+](=O)[O-]. The fourth-order valence-corrected chi connectivity index (χ4v) is 1.92. The number of carbonyl (C=O) groups excluding carboxylic acids is 1. The molecule has 1 heterocycles. The minimum Gasteiger partial charge on any atom is -0.448 e. The Morgan fingerprint density at radius 1 is 1.24 bits per heavy atom. The van der Waals surface area contributed by atoms with E-state index in [1.54, 1.807) is 29.6 Å². The van der Waals surface area contributed by atoms with Crippen molar-refractivity contribution in [3.8, 4) is 11.5 Å². The molecule has 1 aromatic heterocycles. The van der Waals surface area contributed by atoms with Crippen LogP contribution in [0.1, 0.15) is 10.4 Å². The first-order chi connectivity index (χ1) is 8.22. The predicted octanol–water partition coefficient (Wildman–Crippen LogP) is 3.26. The largest absolute Gasteiger partial charge is 0.448 e. The van der Waals surface area contributed by atoms with Gasteiger partial charge in [-0.25, -0.2) is 0 Å². The van der Waals surface area contributed by atoms with Crippen LogP contribution in [0.3, 0.4) is 0 Å². The molecular formula is C11H7NO4S. The Morgan fingerprint density at radius 3 is 2.71 bits per heavy atom. The minimum atomic E-state index is -0.510. The lowest BCUT2D eigenvalue weighted by Crippen LogP contribution is -1.92. The fraction of sp³-hybridized carbons (Fsp3) is 0. The summed E-state index contributed by atoms with van der Waals surface area (Å²) in [6, 6.07) is 8.06. The summed E-state index contributed by atoms with van der Waals surface area (Å²) >= 11 is 0.978. The van der Waals surface area contributed by atoms with Crippen LogP contribution in [-0.2, 0) is 0 Å². The highest BCUT2D eigenvalue weighted by atomic mass is 32.1. The van der Waals surface area contributed by atoms with Crippen molar-refractivity contribution < 1.29 is 14.5 Å². The van der Waals surface area contributed by atoms with Crippen molar-refractivity contribution >= 4 is 22.6 Å². The summed E-state index contributed by atoms with van der Waals surface area (Å²) in [5.41, 5.74) is 0.355. The number of nitro groups is 1. The molecule has 0 aliphatic heterocycles. The third-order valence-electron chi connectivity index (χ3n) is 2.04. The molecule has 0 N–H and O–H groups in total. The molecule has 0 aliphatic carbocycles. The zero-order chi connectivity index (χ0) is 12.3. The molecule has 0 aliphatic rings. The van der Waals surface area contributed by atoms with Gasteiger partial charge in [0.25, 0.3) is 0 Å². The van der Waals surface area contributed by atoms with Gasteiger partial charge < -0.3 is 4.74 Å². The number of aldehydes is 1. The standard InChI is InChI=1S/C11H7NO4S/c13-7-8-3-1-2-4-9(8)16-10-5-6-17-11(10)12(14)15/h1-7H. The molecule has 0 amide bonds. The predicted molar refractivity (Wildman–Crippen MR) is 62.9 cm³/mol. The molecule has 86 valence electrons. The van der Waals surface area contributed by atoms with Gasteiger partial charge in [0.2, 0.25) is 5.75 Å². The molecule has 0 spiro atoms. The molecule has 2 aromatic rings. The van der Waals surface area contributed by atoms with Gasteiger partial charge in [0, 0.05) is 5.38 Å². The molecule has 1 aromatic carbocycles. The Labute approximate surface area is 100 Å². The van der Waals surface area contributed by atoms with E-state index in [2.05, 4.69) is 0 Å². The Balaban J connectivity index is 2.34. The second-order valence-electron chi connectivity index (χ2n) is 3.10. The highest BCUT2D eigenvalue weighted by Crippen LogP contribution is 2.36. The van der Waals surface area contributed by atoms with Crippen molar-refractivity contribution in [2.45, 2.75) is 0 Å². The van der Waals surface area contributed by atoms with Crippen LogP contribution in [0.15, 0.2) is 35.7 Å². The highest BCUT2D eigenvalue weighted by molar-refractivity contribution is 7.13. The molecule has 0 radical (unpaired) electrons. The van der Waals surface area contributed by atoms with Gasteiger partial charge in [-0.2, -0.15) is 0 Å². The zero-order valence-electron chi connectivity index (χ0n) is 8.53. The van der Waals surface area contributed by atoms with Gasteiger partial charge in [0.15, 0.2) is 6.29 Å². The van der Waals surface area contributed by atoms with Gasteiger partial charge in [-0.15, -0.1) is 0 Å².